The topological polar surface area (TPSA) is 103 Å². The summed E-state index contributed by atoms with van der Waals surface area (Å²) in [5.74, 6) is -0.660. The normalized spacial score (nSPS) is 11.5. The molecule has 0 bridgehead atoms. The highest BCUT2D eigenvalue weighted by Crippen LogP contribution is 2.34. The smallest absolute Gasteiger partial charge is 0.303 e. The van der Waals surface area contributed by atoms with Crippen molar-refractivity contribution in [1.29, 1.82) is 0 Å². The largest absolute Gasteiger partial charge is 0.494 e. The first-order valence-electron chi connectivity index (χ1n) is 11.2. The van der Waals surface area contributed by atoms with E-state index in [-0.39, 0.29) is 29.1 Å². The van der Waals surface area contributed by atoms with Gasteiger partial charge >= 0.3 is 5.97 Å². The van der Waals surface area contributed by atoms with Crippen molar-refractivity contribution in [3.8, 4) is 16.9 Å². The summed E-state index contributed by atoms with van der Waals surface area (Å²) in [6.07, 6.45) is 1.48. The average Bonchev–Trinajstić information content (AvgIpc) is 3.22. The van der Waals surface area contributed by atoms with Gasteiger partial charge in [-0.05, 0) is 55.7 Å². The van der Waals surface area contributed by atoms with E-state index in [1.165, 1.54) is 23.2 Å². The molecular weight excluding hydrogens is 466 g/mol. The van der Waals surface area contributed by atoms with Gasteiger partial charge in [-0.15, -0.1) is 0 Å². The summed E-state index contributed by atoms with van der Waals surface area (Å²) in [6.45, 7) is 3.67. The van der Waals surface area contributed by atoms with Gasteiger partial charge in [0.1, 0.15) is 5.75 Å². The Hall–Kier alpha value is -3.91. The van der Waals surface area contributed by atoms with Gasteiger partial charge in [-0.2, -0.15) is 0 Å². The fourth-order valence-electron chi connectivity index (χ4n) is 4.06. The zero-order valence-corrected chi connectivity index (χ0v) is 20.2. The molecule has 4 rings (SSSR count). The molecule has 0 spiro atoms. The molecule has 0 aliphatic heterocycles. The van der Waals surface area contributed by atoms with Crippen molar-refractivity contribution in [3.05, 3.63) is 84.1 Å². The van der Waals surface area contributed by atoms with Crippen LogP contribution in [0, 0.1) is 0 Å². The lowest BCUT2D eigenvalue weighted by Crippen LogP contribution is -2.14. The van der Waals surface area contributed by atoms with Crippen LogP contribution in [0.25, 0.3) is 22.0 Å². The van der Waals surface area contributed by atoms with Crippen LogP contribution in [0.3, 0.4) is 0 Å². The number of hydrogen-bond acceptors (Lipinski definition) is 5. The molecule has 8 heteroatoms. The maximum atomic E-state index is 14.1. The van der Waals surface area contributed by atoms with Crippen LogP contribution in [0.2, 0.25) is 0 Å². The molecule has 1 aromatic heterocycles. The number of aryl methyl sites for hydroxylation is 1. The summed E-state index contributed by atoms with van der Waals surface area (Å²) < 4.78 is 34.9. The minimum atomic E-state index is -4.17. The third-order valence-corrected chi connectivity index (χ3v) is 7.47. The molecule has 3 aromatic carbocycles. The van der Waals surface area contributed by atoms with Gasteiger partial charge in [0.2, 0.25) is 0 Å². The molecule has 7 nitrogen and oxygen atoms in total. The van der Waals surface area contributed by atoms with Crippen molar-refractivity contribution in [2.45, 2.75) is 31.6 Å². The number of carbonyl (C=O) groups is 2. The molecule has 0 amide bonds. The van der Waals surface area contributed by atoms with E-state index in [0.29, 0.717) is 39.9 Å². The van der Waals surface area contributed by atoms with Crippen molar-refractivity contribution in [3.63, 3.8) is 0 Å². The fraction of sp³-hybridized carbons (Fsp3) is 0.185. The van der Waals surface area contributed by atoms with Crippen LogP contribution in [0.5, 0.6) is 5.75 Å². The highest BCUT2D eigenvalue weighted by Gasteiger charge is 2.26. The van der Waals surface area contributed by atoms with E-state index >= 15 is 0 Å². The highest BCUT2D eigenvalue weighted by atomic mass is 32.2. The van der Waals surface area contributed by atoms with Crippen molar-refractivity contribution < 1.29 is 27.9 Å². The van der Waals surface area contributed by atoms with E-state index in [0.717, 1.165) is 0 Å². The summed E-state index contributed by atoms with van der Waals surface area (Å²) in [4.78, 5) is 23.3. The summed E-state index contributed by atoms with van der Waals surface area (Å²) >= 11 is 0. The van der Waals surface area contributed by atoms with Crippen molar-refractivity contribution >= 4 is 32.7 Å². The maximum Gasteiger partial charge on any atom is 0.303 e. The number of fused-ring (bicyclic) bond motifs is 1. The number of nitrogens with zero attached hydrogens (tertiary/aromatic N) is 1. The number of ether oxygens (including phenoxy) is 1. The van der Waals surface area contributed by atoms with Crippen molar-refractivity contribution in [1.82, 2.24) is 3.97 Å². The number of Topliss-reactive ketones (excluding diaryl/α,β-unsaturated/α-hetero) is 1. The Morgan fingerprint density at radius 2 is 1.74 bits per heavy atom. The number of ketones is 1. The zero-order chi connectivity index (χ0) is 25.2. The number of carbonyl (C=O) groups excluding carboxylic acids is 1. The predicted octanol–water partition coefficient (Wildman–Crippen LogP) is 5.16. The Morgan fingerprint density at radius 1 is 1.00 bits per heavy atom. The monoisotopic (exact) mass is 491 g/mol. The third kappa shape index (κ3) is 4.83. The third-order valence-electron chi connectivity index (χ3n) is 5.75. The lowest BCUT2D eigenvalue weighted by atomic mass is 10.0. The Labute approximate surface area is 203 Å². The van der Waals surface area contributed by atoms with Gasteiger partial charge in [-0.3, -0.25) is 9.59 Å². The number of aromatic nitrogens is 1. The fourth-order valence-corrected chi connectivity index (χ4v) is 5.69. The highest BCUT2D eigenvalue weighted by molar-refractivity contribution is 7.90. The first-order chi connectivity index (χ1) is 16.7. The van der Waals surface area contributed by atoms with Crippen LogP contribution in [-0.2, 0) is 21.2 Å². The molecule has 0 radical (unpaired) electrons. The Morgan fingerprint density at radius 3 is 2.40 bits per heavy atom. The van der Waals surface area contributed by atoms with Crippen LogP contribution in [0.4, 0.5) is 0 Å². The molecule has 1 N–H and O–H groups in total. The summed E-state index contributed by atoms with van der Waals surface area (Å²) in [7, 11) is -4.17. The van der Waals surface area contributed by atoms with E-state index in [1.807, 2.05) is 37.3 Å². The summed E-state index contributed by atoms with van der Waals surface area (Å²) in [6, 6.07) is 18.8. The number of aliphatic carboxylic acids is 1. The number of carboxylic acids is 1. The van der Waals surface area contributed by atoms with Gasteiger partial charge in [0.25, 0.3) is 10.0 Å². The second-order valence-corrected chi connectivity index (χ2v) is 9.88. The molecule has 4 aromatic rings. The van der Waals surface area contributed by atoms with Gasteiger partial charge in [0.15, 0.2) is 5.78 Å². The molecule has 180 valence electrons. The van der Waals surface area contributed by atoms with Gasteiger partial charge in [0.05, 0.1) is 17.0 Å². The van der Waals surface area contributed by atoms with E-state index in [4.69, 9.17) is 4.74 Å². The van der Waals surface area contributed by atoms with Gasteiger partial charge in [-0.1, -0.05) is 42.5 Å². The average molecular weight is 492 g/mol. The summed E-state index contributed by atoms with van der Waals surface area (Å²) in [5, 5.41) is 9.80. The lowest BCUT2D eigenvalue weighted by molar-refractivity contribution is -0.136. The predicted molar refractivity (Wildman–Crippen MR) is 134 cm³/mol. The first kappa shape index (κ1) is 24.2. The van der Waals surface area contributed by atoms with Crippen LogP contribution >= 0.6 is 0 Å². The van der Waals surface area contributed by atoms with Crippen LogP contribution in [-0.4, -0.2) is 35.9 Å². The molecule has 0 aliphatic rings. The first-order valence-corrected chi connectivity index (χ1v) is 12.6. The SMILES string of the molecule is CCOc1ccc2c(c1)c(CCC(=O)O)cn2S(=O)(=O)c1cc(C(C)=O)ccc1-c1ccccc1. The Kier molecular flexibility index (Phi) is 6.75. The molecule has 0 fully saturated rings. The van der Waals surface area contributed by atoms with Crippen LogP contribution in [0.1, 0.15) is 36.2 Å². The minimum Gasteiger partial charge on any atom is -0.494 e. The van der Waals surface area contributed by atoms with Gasteiger partial charge in [-0.25, -0.2) is 12.4 Å². The number of rotatable bonds is 9. The van der Waals surface area contributed by atoms with E-state index in [9.17, 15) is 23.1 Å². The maximum absolute atomic E-state index is 14.1. The van der Waals surface area contributed by atoms with E-state index < -0.39 is 16.0 Å². The summed E-state index contributed by atoms with van der Waals surface area (Å²) in [5.41, 5.74) is 2.43. The molecule has 0 saturated carbocycles. The molecule has 0 atom stereocenters. The van der Waals surface area contributed by atoms with Gasteiger partial charge in [0, 0.05) is 29.1 Å². The molecule has 1 heterocycles. The van der Waals surface area contributed by atoms with Crippen LogP contribution < -0.4 is 4.74 Å². The molecular formula is C27H25NO6S. The minimum absolute atomic E-state index is 0.00744. The number of carboxylic acid groups (broad SMARTS) is 1. The second-order valence-electron chi connectivity index (χ2n) is 8.09. The molecule has 0 aliphatic carbocycles. The van der Waals surface area contributed by atoms with Crippen molar-refractivity contribution in [2.75, 3.05) is 6.61 Å². The van der Waals surface area contributed by atoms with Crippen LogP contribution in [0.15, 0.2) is 77.8 Å². The second kappa shape index (κ2) is 9.76. The van der Waals surface area contributed by atoms with E-state index in [2.05, 4.69) is 0 Å². The number of benzene rings is 3. The number of hydrogen-bond donors (Lipinski definition) is 1. The van der Waals surface area contributed by atoms with Crippen molar-refractivity contribution in [2.24, 2.45) is 0 Å². The Bertz CT molecular complexity index is 1520. The quantitative estimate of drug-likeness (QED) is 0.324. The standard InChI is InChI=1S/C27H25NO6S/c1-3-34-22-11-13-25-24(16-22)21(10-14-27(30)31)17-28(25)35(32,33)26-15-20(18(2)29)9-12-23(26)19-7-5-4-6-8-19/h4-9,11-13,15-17H,3,10,14H2,1-2H3,(H,30,31). The molecule has 35 heavy (non-hydrogen) atoms. The molecule has 0 unspecified atom stereocenters. The zero-order valence-electron chi connectivity index (χ0n) is 19.4. The molecule has 0 saturated heterocycles. The van der Waals surface area contributed by atoms with E-state index in [1.54, 1.807) is 30.3 Å². The Balaban J connectivity index is 1.97. The lowest BCUT2D eigenvalue weighted by Gasteiger charge is -2.14. The van der Waals surface area contributed by atoms with Gasteiger partial charge < -0.3 is 9.84 Å².